The quantitative estimate of drug-likeness (QED) is 0.709. The van der Waals surface area contributed by atoms with Crippen molar-refractivity contribution in [3.63, 3.8) is 0 Å². The van der Waals surface area contributed by atoms with Crippen molar-refractivity contribution in [1.82, 2.24) is 0 Å². The highest BCUT2D eigenvalue weighted by Crippen LogP contribution is 2.25. The largest absolute Gasteiger partial charge is 0.507 e. The molecule has 0 unspecified atom stereocenters. The van der Waals surface area contributed by atoms with E-state index in [-0.39, 0.29) is 5.75 Å². The summed E-state index contributed by atoms with van der Waals surface area (Å²) < 4.78 is 0. The van der Waals surface area contributed by atoms with E-state index in [1.54, 1.807) is 6.08 Å². The van der Waals surface area contributed by atoms with E-state index in [1.807, 2.05) is 30.3 Å². The molecule has 1 N–H and O–H groups in total. The molecule has 1 nitrogen and oxygen atoms in total. The maximum Gasteiger partial charge on any atom is 0.131 e. The van der Waals surface area contributed by atoms with E-state index in [2.05, 4.69) is 12.6 Å². The lowest BCUT2D eigenvalue weighted by Crippen LogP contribution is -1.82. The molecule has 0 bridgehead atoms. The molecular formula is C13H11O. The predicted octanol–water partition coefficient (Wildman–Crippen LogP) is 3.07. The average molecular weight is 183 g/mol. The summed E-state index contributed by atoms with van der Waals surface area (Å²) >= 11 is 0. The predicted molar refractivity (Wildman–Crippen MR) is 58.3 cm³/mol. The molecule has 0 aromatic heterocycles. The van der Waals surface area contributed by atoms with Gasteiger partial charge < -0.3 is 5.11 Å². The highest BCUT2D eigenvalue weighted by Gasteiger charge is 2.01. The summed E-state index contributed by atoms with van der Waals surface area (Å²) in [6.45, 7) is 3.66. The van der Waals surface area contributed by atoms with Gasteiger partial charge in [0.25, 0.3) is 0 Å². The van der Waals surface area contributed by atoms with Crippen LogP contribution in [0.25, 0.3) is 10.8 Å². The minimum Gasteiger partial charge on any atom is -0.507 e. The lowest BCUT2D eigenvalue weighted by Gasteiger charge is -2.03. The Morgan fingerprint density at radius 2 is 2.14 bits per heavy atom. The molecule has 0 heterocycles. The topological polar surface area (TPSA) is 20.2 Å². The van der Waals surface area contributed by atoms with Crippen LogP contribution in [-0.2, 0) is 6.42 Å². The summed E-state index contributed by atoms with van der Waals surface area (Å²) in [7, 11) is 0. The van der Waals surface area contributed by atoms with Gasteiger partial charge in [-0.1, -0.05) is 30.3 Å². The molecule has 2 aromatic carbocycles. The van der Waals surface area contributed by atoms with Crippen LogP contribution in [0.4, 0.5) is 0 Å². The number of hydrogen-bond acceptors (Lipinski definition) is 1. The van der Waals surface area contributed by atoms with Crippen molar-refractivity contribution in [3.8, 4) is 5.75 Å². The van der Waals surface area contributed by atoms with E-state index in [0.29, 0.717) is 0 Å². The van der Waals surface area contributed by atoms with E-state index in [1.165, 1.54) is 0 Å². The van der Waals surface area contributed by atoms with Gasteiger partial charge in [-0.15, -0.1) is 6.58 Å². The second kappa shape index (κ2) is 3.54. The van der Waals surface area contributed by atoms with Gasteiger partial charge in [-0.05, 0) is 23.4 Å². The van der Waals surface area contributed by atoms with Gasteiger partial charge in [-0.2, -0.15) is 0 Å². The molecule has 2 rings (SSSR count). The molecule has 1 heteroatoms. The summed E-state index contributed by atoms with van der Waals surface area (Å²) in [4.78, 5) is 0. The Balaban J connectivity index is 2.65. The summed E-state index contributed by atoms with van der Waals surface area (Å²) in [5.74, 6) is 0.222. The van der Waals surface area contributed by atoms with Crippen LogP contribution in [0.15, 0.2) is 43.0 Å². The van der Waals surface area contributed by atoms with Crippen LogP contribution < -0.4 is 0 Å². The van der Waals surface area contributed by atoms with Gasteiger partial charge in [0.15, 0.2) is 0 Å². The van der Waals surface area contributed by atoms with E-state index >= 15 is 0 Å². The highest BCUT2D eigenvalue weighted by molar-refractivity contribution is 5.88. The smallest absolute Gasteiger partial charge is 0.131 e. The van der Waals surface area contributed by atoms with Crippen molar-refractivity contribution >= 4 is 10.8 Å². The second-order valence-corrected chi connectivity index (χ2v) is 3.22. The fourth-order valence-corrected chi connectivity index (χ4v) is 1.55. The van der Waals surface area contributed by atoms with Crippen molar-refractivity contribution in [2.45, 2.75) is 6.42 Å². The van der Waals surface area contributed by atoms with Crippen molar-refractivity contribution in [1.29, 1.82) is 0 Å². The molecule has 0 saturated carbocycles. The van der Waals surface area contributed by atoms with Gasteiger partial charge >= 0.3 is 0 Å². The first-order chi connectivity index (χ1) is 6.81. The molecule has 0 saturated heterocycles. The average Bonchev–Trinajstić information content (AvgIpc) is 2.18. The molecule has 0 atom stereocenters. The molecule has 14 heavy (non-hydrogen) atoms. The van der Waals surface area contributed by atoms with Gasteiger partial charge in [0.05, 0.1) is 0 Å². The Hall–Kier alpha value is -1.76. The number of phenols is 1. The normalized spacial score (nSPS) is 10.3. The van der Waals surface area contributed by atoms with Crippen LogP contribution in [0.3, 0.4) is 0 Å². The van der Waals surface area contributed by atoms with E-state index in [0.717, 1.165) is 22.8 Å². The minimum absolute atomic E-state index is 0.222. The maximum absolute atomic E-state index is 9.69. The maximum atomic E-state index is 9.69. The summed E-state index contributed by atoms with van der Waals surface area (Å²) in [6.07, 6.45) is 2.54. The highest BCUT2D eigenvalue weighted by atomic mass is 16.3. The van der Waals surface area contributed by atoms with Gasteiger partial charge in [0.1, 0.15) is 5.75 Å². The first kappa shape index (κ1) is 8.82. The fourth-order valence-electron chi connectivity index (χ4n) is 1.55. The molecule has 0 spiro atoms. The van der Waals surface area contributed by atoms with Crippen LogP contribution in [0.5, 0.6) is 5.75 Å². The van der Waals surface area contributed by atoms with Gasteiger partial charge in [-0.3, -0.25) is 0 Å². The lowest BCUT2D eigenvalue weighted by atomic mass is 10.0. The van der Waals surface area contributed by atoms with E-state index in [4.69, 9.17) is 0 Å². The third-order valence-electron chi connectivity index (χ3n) is 2.19. The van der Waals surface area contributed by atoms with Gasteiger partial charge in [0.2, 0.25) is 0 Å². The number of benzene rings is 2. The first-order valence-electron chi connectivity index (χ1n) is 4.55. The van der Waals surface area contributed by atoms with E-state index < -0.39 is 0 Å². The van der Waals surface area contributed by atoms with Gasteiger partial charge in [0, 0.05) is 11.5 Å². The zero-order valence-corrected chi connectivity index (χ0v) is 7.83. The van der Waals surface area contributed by atoms with E-state index in [9.17, 15) is 5.11 Å². The second-order valence-electron chi connectivity index (χ2n) is 3.22. The van der Waals surface area contributed by atoms with Crippen molar-refractivity contribution in [2.24, 2.45) is 0 Å². The van der Waals surface area contributed by atoms with Crippen LogP contribution in [0, 0.1) is 6.07 Å². The monoisotopic (exact) mass is 183 g/mol. The zero-order valence-electron chi connectivity index (χ0n) is 7.83. The molecule has 2 aromatic rings. The zero-order chi connectivity index (χ0) is 9.97. The number of allylic oxidation sites excluding steroid dienone is 1. The van der Waals surface area contributed by atoms with Crippen molar-refractivity contribution in [3.05, 3.63) is 54.6 Å². The van der Waals surface area contributed by atoms with Crippen LogP contribution in [0.2, 0.25) is 0 Å². The van der Waals surface area contributed by atoms with Crippen LogP contribution >= 0.6 is 0 Å². The molecule has 0 aliphatic heterocycles. The first-order valence-corrected chi connectivity index (χ1v) is 4.55. The van der Waals surface area contributed by atoms with Crippen LogP contribution in [0.1, 0.15) is 5.56 Å². The number of hydrogen-bond donors (Lipinski definition) is 1. The Labute approximate surface area is 83.3 Å². The third-order valence-corrected chi connectivity index (χ3v) is 2.19. The number of aromatic hydroxyl groups is 1. The molecule has 0 aliphatic carbocycles. The Morgan fingerprint density at radius 3 is 2.93 bits per heavy atom. The Morgan fingerprint density at radius 1 is 1.36 bits per heavy atom. The summed E-state index contributed by atoms with van der Waals surface area (Å²) in [6, 6.07) is 12.7. The third kappa shape index (κ3) is 1.49. The van der Waals surface area contributed by atoms with Crippen molar-refractivity contribution < 1.29 is 5.11 Å². The molecule has 0 amide bonds. The molecule has 0 fully saturated rings. The standard InChI is InChI=1S/C13H11O/c1-2-5-10-8-11-6-3-4-7-12(11)13(14)9-10/h2-4,6-8,14H,1,5H2. The fraction of sp³-hybridized carbons (Fsp3) is 0.0769. The van der Waals surface area contributed by atoms with Crippen molar-refractivity contribution in [2.75, 3.05) is 0 Å². The minimum atomic E-state index is 0.222. The number of fused-ring (bicyclic) bond motifs is 1. The van der Waals surface area contributed by atoms with Crippen LogP contribution in [-0.4, -0.2) is 5.11 Å². The molecule has 0 aliphatic rings. The molecular weight excluding hydrogens is 172 g/mol. The Kier molecular flexibility index (Phi) is 2.23. The molecule has 69 valence electrons. The van der Waals surface area contributed by atoms with Gasteiger partial charge in [-0.25, -0.2) is 0 Å². The molecule has 1 radical (unpaired) electrons. The summed E-state index contributed by atoms with van der Waals surface area (Å²) in [5, 5.41) is 11.6. The SMILES string of the molecule is C=CCc1[c]c(O)c2ccccc2c1. The summed E-state index contributed by atoms with van der Waals surface area (Å²) in [5.41, 5.74) is 0.969. The number of rotatable bonds is 2. The lowest BCUT2D eigenvalue weighted by molar-refractivity contribution is 0.480. The number of phenolic OH excluding ortho intramolecular Hbond substituents is 1. The Bertz CT molecular complexity index is 472.